The van der Waals surface area contributed by atoms with Crippen LogP contribution < -0.4 is 11.1 Å². The minimum Gasteiger partial charge on any atom is -0.325 e. The van der Waals surface area contributed by atoms with Crippen molar-refractivity contribution < 1.29 is 4.79 Å². The van der Waals surface area contributed by atoms with Crippen LogP contribution in [0.4, 0.5) is 5.69 Å². The van der Waals surface area contributed by atoms with Crippen molar-refractivity contribution in [3.63, 3.8) is 0 Å². The lowest BCUT2D eigenvalue weighted by atomic mass is 10.0. The first kappa shape index (κ1) is 15.4. The third kappa shape index (κ3) is 4.84. The summed E-state index contributed by atoms with van der Waals surface area (Å²) >= 11 is 1.89. The van der Waals surface area contributed by atoms with Crippen molar-refractivity contribution in [2.75, 3.05) is 5.32 Å². The highest BCUT2D eigenvalue weighted by atomic mass is 32.2. The smallest absolute Gasteiger partial charge is 0.226 e. The molecule has 1 amide bonds. The van der Waals surface area contributed by atoms with Gasteiger partial charge in [0.05, 0.1) is 5.69 Å². The third-order valence-corrected chi connectivity index (χ3v) is 4.79. The number of hydrogen-bond donors (Lipinski definition) is 2. The van der Waals surface area contributed by atoms with Crippen LogP contribution in [0.3, 0.4) is 0 Å². The molecule has 1 aliphatic carbocycles. The topological polar surface area (TPSA) is 55.1 Å². The Morgan fingerprint density at radius 3 is 2.65 bits per heavy atom. The maximum Gasteiger partial charge on any atom is 0.226 e. The molecule has 0 atom stereocenters. The summed E-state index contributed by atoms with van der Waals surface area (Å²) in [5.74, 6) is -0.0167. The van der Waals surface area contributed by atoms with Gasteiger partial charge in [-0.3, -0.25) is 4.79 Å². The number of benzene rings is 1. The lowest BCUT2D eigenvalue weighted by molar-refractivity contribution is -0.117. The fraction of sp³-hybridized carbons (Fsp3) is 0.562. The Hall–Kier alpha value is -1.00. The second-order valence-electron chi connectivity index (χ2n) is 6.23. The number of thioether (sulfide) groups is 1. The summed E-state index contributed by atoms with van der Waals surface area (Å²) in [6.07, 6.45) is 5.54. The van der Waals surface area contributed by atoms with E-state index in [0.717, 1.165) is 5.69 Å². The zero-order valence-corrected chi connectivity index (χ0v) is 13.1. The summed E-state index contributed by atoms with van der Waals surface area (Å²) < 4.78 is 0. The van der Waals surface area contributed by atoms with Crippen LogP contribution in [0, 0.1) is 0 Å². The molecule has 1 aliphatic rings. The molecular weight excluding hydrogens is 268 g/mol. The number of para-hydroxylation sites is 1. The van der Waals surface area contributed by atoms with E-state index >= 15 is 0 Å². The second-order valence-corrected chi connectivity index (χ2v) is 7.58. The molecule has 0 aromatic heterocycles. The molecule has 0 bridgehead atoms. The molecule has 1 aromatic carbocycles. The molecule has 2 rings (SSSR count). The second kappa shape index (κ2) is 6.64. The van der Waals surface area contributed by atoms with E-state index in [9.17, 15) is 4.79 Å². The highest BCUT2D eigenvalue weighted by molar-refractivity contribution is 8.00. The normalized spacial score (nSPS) is 16.4. The molecule has 1 fully saturated rings. The van der Waals surface area contributed by atoms with Crippen LogP contribution in [-0.2, 0) is 4.79 Å². The summed E-state index contributed by atoms with van der Waals surface area (Å²) in [6, 6.07) is 8.05. The van der Waals surface area contributed by atoms with Gasteiger partial charge in [0.25, 0.3) is 0 Å². The molecule has 20 heavy (non-hydrogen) atoms. The molecule has 1 aromatic rings. The van der Waals surface area contributed by atoms with Crippen molar-refractivity contribution in [1.82, 2.24) is 0 Å². The van der Waals surface area contributed by atoms with Gasteiger partial charge in [-0.1, -0.05) is 25.0 Å². The Balaban J connectivity index is 2.01. The van der Waals surface area contributed by atoms with Crippen LogP contribution in [0.25, 0.3) is 0 Å². The maximum atomic E-state index is 12.0. The van der Waals surface area contributed by atoms with Gasteiger partial charge < -0.3 is 11.1 Å². The van der Waals surface area contributed by atoms with Crippen LogP contribution in [0.15, 0.2) is 29.2 Å². The first-order valence-corrected chi connectivity index (χ1v) is 8.16. The van der Waals surface area contributed by atoms with Crippen LogP contribution in [0.2, 0.25) is 0 Å². The summed E-state index contributed by atoms with van der Waals surface area (Å²) in [7, 11) is 0. The Labute approximate surface area is 125 Å². The fourth-order valence-corrected chi connectivity index (χ4v) is 3.80. The summed E-state index contributed by atoms with van der Waals surface area (Å²) in [5, 5.41) is 3.69. The monoisotopic (exact) mass is 292 g/mol. The molecular formula is C16H24N2OS. The minimum absolute atomic E-state index is 0.0167. The number of nitrogens with two attached hydrogens (primary N) is 1. The number of carbonyl (C=O) groups excluding carboxylic acids is 1. The average Bonchev–Trinajstić information content (AvgIpc) is 2.82. The molecule has 4 heteroatoms. The molecule has 0 saturated heterocycles. The van der Waals surface area contributed by atoms with Crippen molar-refractivity contribution >= 4 is 23.4 Å². The summed E-state index contributed by atoms with van der Waals surface area (Å²) in [4.78, 5) is 13.2. The van der Waals surface area contributed by atoms with Gasteiger partial charge >= 0.3 is 0 Å². The molecule has 110 valence electrons. The number of rotatable bonds is 5. The lowest BCUT2D eigenvalue weighted by Crippen LogP contribution is -2.36. The van der Waals surface area contributed by atoms with E-state index in [0.29, 0.717) is 11.7 Å². The van der Waals surface area contributed by atoms with Crippen molar-refractivity contribution in [3.05, 3.63) is 24.3 Å². The zero-order chi connectivity index (χ0) is 14.6. The van der Waals surface area contributed by atoms with Gasteiger partial charge in [0.2, 0.25) is 5.91 Å². The van der Waals surface area contributed by atoms with Crippen molar-refractivity contribution in [2.45, 2.75) is 61.6 Å². The number of amides is 1. The first-order chi connectivity index (χ1) is 9.44. The largest absolute Gasteiger partial charge is 0.325 e. The van der Waals surface area contributed by atoms with E-state index in [-0.39, 0.29) is 5.91 Å². The standard InChI is InChI=1S/C16H24N2OS/c1-16(2,17)11-15(19)18-13-9-5-6-10-14(13)20-12-7-3-4-8-12/h5-6,9-10,12H,3-4,7-8,11,17H2,1-2H3,(H,18,19). The lowest BCUT2D eigenvalue weighted by Gasteiger charge is -2.19. The number of anilines is 1. The van der Waals surface area contributed by atoms with Crippen molar-refractivity contribution in [2.24, 2.45) is 5.73 Å². The van der Waals surface area contributed by atoms with Gasteiger partial charge in [0, 0.05) is 22.1 Å². The predicted molar refractivity (Wildman–Crippen MR) is 86.1 cm³/mol. The fourth-order valence-electron chi connectivity index (χ4n) is 2.47. The highest BCUT2D eigenvalue weighted by Gasteiger charge is 2.20. The van der Waals surface area contributed by atoms with Crippen LogP contribution >= 0.6 is 11.8 Å². The quantitative estimate of drug-likeness (QED) is 0.868. The molecule has 0 radical (unpaired) electrons. The SMILES string of the molecule is CC(C)(N)CC(=O)Nc1ccccc1SC1CCCC1. The Morgan fingerprint density at radius 1 is 1.35 bits per heavy atom. The van der Waals surface area contributed by atoms with Crippen LogP contribution in [-0.4, -0.2) is 16.7 Å². The average molecular weight is 292 g/mol. The van der Waals surface area contributed by atoms with Gasteiger partial charge in [-0.25, -0.2) is 0 Å². The molecule has 1 saturated carbocycles. The first-order valence-electron chi connectivity index (χ1n) is 7.28. The predicted octanol–water partition coefficient (Wildman–Crippen LogP) is 3.79. The van der Waals surface area contributed by atoms with Crippen LogP contribution in [0.5, 0.6) is 0 Å². The Kier molecular flexibility index (Phi) is 5.11. The number of carbonyl (C=O) groups is 1. The number of nitrogens with one attached hydrogen (secondary N) is 1. The van der Waals surface area contributed by atoms with E-state index in [1.165, 1.54) is 30.6 Å². The van der Waals surface area contributed by atoms with Crippen molar-refractivity contribution in [3.8, 4) is 0 Å². The Bertz CT molecular complexity index is 462. The summed E-state index contributed by atoms with van der Waals surface area (Å²) in [5.41, 5.74) is 6.33. The van der Waals surface area contributed by atoms with E-state index in [2.05, 4.69) is 11.4 Å². The molecule has 3 N–H and O–H groups in total. The molecule has 0 spiro atoms. The number of hydrogen-bond acceptors (Lipinski definition) is 3. The molecule has 0 aliphatic heterocycles. The van der Waals surface area contributed by atoms with E-state index in [4.69, 9.17) is 5.73 Å². The van der Waals surface area contributed by atoms with Gasteiger partial charge in [-0.15, -0.1) is 11.8 Å². The molecule has 3 nitrogen and oxygen atoms in total. The highest BCUT2D eigenvalue weighted by Crippen LogP contribution is 2.38. The van der Waals surface area contributed by atoms with Crippen molar-refractivity contribution in [1.29, 1.82) is 0 Å². The third-order valence-electron chi connectivity index (χ3n) is 3.37. The van der Waals surface area contributed by atoms with Gasteiger partial charge in [-0.2, -0.15) is 0 Å². The van der Waals surface area contributed by atoms with Gasteiger partial charge in [0.1, 0.15) is 0 Å². The van der Waals surface area contributed by atoms with E-state index < -0.39 is 5.54 Å². The van der Waals surface area contributed by atoms with Gasteiger partial charge in [-0.05, 0) is 38.8 Å². The van der Waals surface area contributed by atoms with Crippen LogP contribution in [0.1, 0.15) is 46.0 Å². The maximum absolute atomic E-state index is 12.0. The molecule has 0 heterocycles. The van der Waals surface area contributed by atoms with E-state index in [1.807, 2.05) is 43.8 Å². The molecule has 0 unspecified atom stereocenters. The minimum atomic E-state index is -0.475. The zero-order valence-electron chi connectivity index (χ0n) is 12.3. The Morgan fingerprint density at radius 2 is 2.00 bits per heavy atom. The van der Waals surface area contributed by atoms with Gasteiger partial charge in [0.15, 0.2) is 0 Å². The van der Waals surface area contributed by atoms with E-state index in [1.54, 1.807) is 0 Å². The summed E-state index contributed by atoms with van der Waals surface area (Å²) in [6.45, 7) is 3.73.